The van der Waals surface area contributed by atoms with Gasteiger partial charge in [0.1, 0.15) is 11.6 Å². The third-order valence-electron chi connectivity index (χ3n) is 2.56. The van der Waals surface area contributed by atoms with E-state index in [0.29, 0.717) is 17.8 Å². The van der Waals surface area contributed by atoms with Gasteiger partial charge in [-0.1, -0.05) is 27.2 Å². The lowest BCUT2D eigenvalue weighted by Crippen LogP contribution is -2.23. The Bertz CT molecular complexity index is 323. The molecule has 0 spiro atoms. The first-order valence-electron chi connectivity index (χ1n) is 5.83. The van der Waals surface area contributed by atoms with E-state index >= 15 is 0 Å². The van der Waals surface area contributed by atoms with Gasteiger partial charge < -0.3 is 11.1 Å². The van der Waals surface area contributed by atoms with Crippen LogP contribution in [0.1, 0.15) is 39.4 Å². The van der Waals surface area contributed by atoms with E-state index in [1.54, 1.807) is 6.20 Å². The van der Waals surface area contributed by atoms with Crippen LogP contribution in [0.4, 0.5) is 5.82 Å². The first-order chi connectivity index (χ1) is 7.57. The van der Waals surface area contributed by atoms with Gasteiger partial charge in [-0.15, -0.1) is 0 Å². The molecule has 1 rings (SSSR count). The van der Waals surface area contributed by atoms with E-state index in [9.17, 15) is 0 Å². The second-order valence-electron chi connectivity index (χ2n) is 4.83. The first kappa shape index (κ1) is 12.9. The van der Waals surface area contributed by atoms with Gasteiger partial charge in [-0.05, 0) is 17.9 Å². The molecule has 1 aromatic rings. The van der Waals surface area contributed by atoms with Crippen LogP contribution in [-0.4, -0.2) is 16.5 Å². The van der Waals surface area contributed by atoms with E-state index in [2.05, 4.69) is 36.1 Å². The van der Waals surface area contributed by atoms with E-state index < -0.39 is 0 Å². The quantitative estimate of drug-likeness (QED) is 0.774. The Labute approximate surface area is 97.7 Å². The maximum atomic E-state index is 5.50. The maximum absolute atomic E-state index is 5.50. The highest BCUT2D eigenvalue weighted by atomic mass is 15.0. The highest BCUT2D eigenvalue weighted by molar-refractivity contribution is 5.33. The van der Waals surface area contributed by atoms with Crippen LogP contribution in [0.5, 0.6) is 0 Å². The SMILES string of the molecule is CCCC(C)(C)CNc1ccnc(CN)n1. The molecule has 0 atom stereocenters. The first-order valence-corrected chi connectivity index (χ1v) is 5.83. The molecule has 16 heavy (non-hydrogen) atoms. The van der Waals surface area contributed by atoms with Gasteiger partial charge >= 0.3 is 0 Å². The Balaban J connectivity index is 2.53. The van der Waals surface area contributed by atoms with Gasteiger partial charge in [0.2, 0.25) is 0 Å². The summed E-state index contributed by atoms with van der Waals surface area (Å²) in [7, 11) is 0. The second kappa shape index (κ2) is 5.80. The van der Waals surface area contributed by atoms with E-state index in [4.69, 9.17) is 5.73 Å². The molecule has 0 unspecified atom stereocenters. The van der Waals surface area contributed by atoms with Crippen molar-refractivity contribution in [2.45, 2.75) is 40.2 Å². The standard InChI is InChI=1S/C12H22N4/c1-4-6-12(2,3)9-15-10-5-7-14-11(8-13)16-10/h5,7H,4,6,8-9,13H2,1-3H3,(H,14,15,16). The van der Waals surface area contributed by atoms with E-state index in [0.717, 1.165) is 12.4 Å². The lowest BCUT2D eigenvalue weighted by Gasteiger charge is -2.24. The minimum atomic E-state index is 0.294. The molecule has 0 aliphatic carbocycles. The van der Waals surface area contributed by atoms with Gasteiger partial charge in [-0.2, -0.15) is 0 Å². The highest BCUT2D eigenvalue weighted by Crippen LogP contribution is 2.22. The summed E-state index contributed by atoms with van der Waals surface area (Å²) < 4.78 is 0. The maximum Gasteiger partial charge on any atom is 0.144 e. The number of nitrogens with two attached hydrogens (primary N) is 1. The molecule has 0 aromatic carbocycles. The van der Waals surface area contributed by atoms with Gasteiger partial charge in [0, 0.05) is 12.7 Å². The summed E-state index contributed by atoms with van der Waals surface area (Å²) in [5, 5.41) is 3.34. The van der Waals surface area contributed by atoms with Crippen LogP contribution in [0, 0.1) is 5.41 Å². The van der Waals surface area contributed by atoms with E-state index in [-0.39, 0.29) is 0 Å². The molecule has 1 aromatic heterocycles. The van der Waals surface area contributed by atoms with E-state index in [1.165, 1.54) is 12.8 Å². The van der Waals surface area contributed by atoms with Gasteiger partial charge in [0.25, 0.3) is 0 Å². The van der Waals surface area contributed by atoms with Crippen LogP contribution in [0.25, 0.3) is 0 Å². The summed E-state index contributed by atoms with van der Waals surface area (Å²) in [6.07, 6.45) is 4.14. The molecule has 0 saturated carbocycles. The number of nitrogens with one attached hydrogen (secondary N) is 1. The number of hydrogen-bond acceptors (Lipinski definition) is 4. The average Bonchev–Trinajstić information content (AvgIpc) is 2.27. The Morgan fingerprint density at radius 3 is 2.81 bits per heavy atom. The second-order valence-corrected chi connectivity index (χ2v) is 4.83. The fourth-order valence-corrected chi connectivity index (χ4v) is 1.69. The molecule has 3 N–H and O–H groups in total. The molecule has 0 radical (unpaired) electrons. The normalized spacial score (nSPS) is 11.5. The van der Waals surface area contributed by atoms with Gasteiger partial charge in [0.15, 0.2) is 0 Å². The number of nitrogens with zero attached hydrogens (tertiary/aromatic N) is 2. The summed E-state index contributed by atoms with van der Waals surface area (Å²) in [5.41, 5.74) is 5.79. The zero-order valence-electron chi connectivity index (χ0n) is 10.5. The monoisotopic (exact) mass is 222 g/mol. The van der Waals surface area contributed by atoms with Crippen LogP contribution in [0.3, 0.4) is 0 Å². The van der Waals surface area contributed by atoms with Crippen molar-refractivity contribution in [3.05, 3.63) is 18.1 Å². The molecule has 0 bridgehead atoms. The van der Waals surface area contributed by atoms with Crippen molar-refractivity contribution >= 4 is 5.82 Å². The lowest BCUT2D eigenvalue weighted by atomic mass is 9.88. The Hall–Kier alpha value is -1.16. The number of hydrogen-bond donors (Lipinski definition) is 2. The predicted molar refractivity (Wildman–Crippen MR) is 67.1 cm³/mol. The summed E-state index contributed by atoms with van der Waals surface area (Å²) >= 11 is 0. The van der Waals surface area contributed by atoms with Crippen molar-refractivity contribution in [3.63, 3.8) is 0 Å². The van der Waals surface area contributed by atoms with Gasteiger partial charge in [0.05, 0.1) is 6.54 Å². The van der Waals surface area contributed by atoms with E-state index in [1.807, 2.05) is 6.07 Å². The summed E-state index contributed by atoms with van der Waals surface area (Å²) in [6.45, 7) is 8.03. The summed E-state index contributed by atoms with van der Waals surface area (Å²) in [5.74, 6) is 1.54. The van der Waals surface area contributed by atoms with Crippen molar-refractivity contribution < 1.29 is 0 Å². The molecular weight excluding hydrogens is 200 g/mol. The fourth-order valence-electron chi connectivity index (χ4n) is 1.69. The summed E-state index contributed by atoms with van der Waals surface area (Å²) in [4.78, 5) is 8.37. The van der Waals surface area contributed by atoms with Crippen molar-refractivity contribution in [2.24, 2.45) is 11.1 Å². The zero-order valence-corrected chi connectivity index (χ0v) is 10.5. The molecule has 0 saturated heterocycles. The molecule has 4 nitrogen and oxygen atoms in total. The number of aromatic nitrogens is 2. The van der Waals surface area contributed by atoms with Gasteiger partial charge in [-0.3, -0.25) is 0 Å². The molecule has 4 heteroatoms. The van der Waals surface area contributed by atoms with Crippen LogP contribution in [-0.2, 0) is 6.54 Å². The fraction of sp³-hybridized carbons (Fsp3) is 0.667. The molecule has 0 fully saturated rings. The van der Waals surface area contributed by atoms with Gasteiger partial charge in [-0.25, -0.2) is 9.97 Å². The van der Waals surface area contributed by atoms with Crippen molar-refractivity contribution in [3.8, 4) is 0 Å². The zero-order chi connectivity index (χ0) is 12.0. The van der Waals surface area contributed by atoms with Crippen molar-refractivity contribution in [1.82, 2.24) is 9.97 Å². The topological polar surface area (TPSA) is 63.8 Å². The molecule has 0 aliphatic heterocycles. The van der Waals surface area contributed by atoms with Crippen molar-refractivity contribution in [1.29, 1.82) is 0 Å². The van der Waals surface area contributed by atoms with Crippen LogP contribution in [0.2, 0.25) is 0 Å². The smallest absolute Gasteiger partial charge is 0.144 e. The Morgan fingerprint density at radius 2 is 2.19 bits per heavy atom. The number of anilines is 1. The highest BCUT2D eigenvalue weighted by Gasteiger charge is 2.16. The van der Waals surface area contributed by atoms with Crippen LogP contribution < -0.4 is 11.1 Å². The largest absolute Gasteiger partial charge is 0.369 e. The average molecular weight is 222 g/mol. The molecule has 0 aliphatic rings. The molecule has 1 heterocycles. The minimum Gasteiger partial charge on any atom is -0.369 e. The third kappa shape index (κ3) is 4.14. The minimum absolute atomic E-state index is 0.294. The van der Waals surface area contributed by atoms with Crippen LogP contribution >= 0.6 is 0 Å². The lowest BCUT2D eigenvalue weighted by molar-refractivity contribution is 0.354. The predicted octanol–water partition coefficient (Wildman–Crippen LogP) is 2.17. The molecular formula is C12H22N4. The summed E-state index contributed by atoms with van der Waals surface area (Å²) in [6, 6.07) is 1.88. The molecule has 0 amide bonds. The van der Waals surface area contributed by atoms with Crippen molar-refractivity contribution in [2.75, 3.05) is 11.9 Å². The Kier molecular flexibility index (Phi) is 4.68. The number of rotatable bonds is 6. The Morgan fingerprint density at radius 1 is 1.44 bits per heavy atom. The van der Waals surface area contributed by atoms with Crippen LogP contribution in [0.15, 0.2) is 12.3 Å². The third-order valence-corrected chi connectivity index (χ3v) is 2.56. The molecule has 90 valence electrons.